The van der Waals surface area contributed by atoms with Crippen LogP contribution >= 0.6 is 23.1 Å². The first-order valence-electron chi connectivity index (χ1n) is 7.76. The second-order valence-corrected chi connectivity index (χ2v) is 9.19. The van der Waals surface area contributed by atoms with E-state index in [1.54, 1.807) is 37.3 Å². The van der Waals surface area contributed by atoms with E-state index in [2.05, 4.69) is 20.2 Å². The molecule has 0 aliphatic carbocycles. The van der Waals surface area contributed by atoms with Gasteiger partial charge in [-0.15, -0.1) is 10.2 Å². The van der Waals surface area contributed by atoms with Crippen LogP contribution in [0, 0.1) is 6.92 Å². The van der Waals surface area contributed by atoms with Gasteiger partial charge in [0.05, 0.1) is 10.6 Å². The van der Waals surface area contributed by atoms with Crippen LogP contribution in [0.3, 0.4) is 0 Å². The van der Waals surface area contributed by atoms with E-state index < -0.39 is 10.0 Å². The number of carbonyl (C=O) groups excluding carboxylic acids is 1. The molecule has 0 aliphatic rings. The SMILES string of the molecule is CSc1nnc(NC(=O)c2ccc(C)c(NS(=O)(=O)c3ccccc3)c2)s1. The number of hydrogen-bond donors (Lipinski definition) is 2. The Hall–Kier alpha value is -2.43. The van der Waals surface area contributed by atoms with Crippen LogP contribution in [-0.2, 0) is 10.0 Å². The topological polar surface area (TPSA) is 101 Å². The van der Waals surface area contributed by atoms with Crippen LogP contribution in [-0.4, -0.2) is 30.8 Å². The van der Waals surface area contributed by atoms with Gasteiger partial charge < -0.3 is 0 Å². The van der Waals surface area contributed by atoms with Crippen LogP contribution in [0.2, 0.25) is 0 Å². The van der Waals surface area contributed by atoms with Crippen molar-refractivity contribution in [1.82, 2.24) is 10.2 Å². The van der Waals surface area contributed by atoms with Gasteiger partial charge in [0.2, 0.25) is 5.13 Å². The summed E-state index contributed by atoms with van der Waals surface area (Å²) in [4.78, 5) is 12.6. The van der Waals surface area contributed by atoms with Crippen molar-refractivity contribution in [3.8, 4) is 0 Å². The van der Waals surface area contributed by atoms with Gasteiger partial charge in [0, 0.05) is 5.56 Å². The third-order valence-corrected chi connectivity index (χ3v) is 6.79. The monoisotopic (exact) mass is 420 g/mol. The molecule has 0 unspecified atom stereocenters. The van der Waals surface area contributed by atoms with Gasteiger partial charge in [-0.05, 0) is 43.0 Å². The van der Waals surface area contributed by atoms with E-state index in [4.69, 9.17) is 0 Å². The molecule has 2 aromatic carbocycles. The second kappa shape index (κ2) is 8.07. The minimum absolute atomic E-state index is 0.151. The fourth-order valence-corrected chi connectivity index (χ4v) is 4.50. The van der Waals surface area contributed by atoms with Gasteiger partial charge in [-0.3, -0.25) is 14.8 Å². The number of sulfonamides is 1. The molecule has 27 heavy (non-hydrogen) atoms. The predicted octanol–water partition coefficient (Wildman–Crippen LogP) is 3.62. The number of aromatic nitrogens is 2. The first-order chi connectivity index (χ1) is 12.9. The van der Waals surface area contributed by atoms with E-state index in [-0.39, 0.29) is 10.8 Å². The summed E-state index contributed by atoms with van der Waals surface area (Å²) in [6, 6.07) is 12.9. The lowest BCUT2D eigenvalue weighted by atomic mass is 10.1. The Bertz CT molecular complexity index is 1070. The summed E-state index contributed by atoms with van der Waals surface area (Å²) < 4.78 is 28.3. The number of nitrogens with zero attached hydrogens (tertiary/aromatic N) is 2. The van der Waals surface area contributed by atoms with Crippen molar-refractivity contribution in [3.05, 3.63) is 59.7 Å². The van der Waals surface area contributed by atoms with E-state index in [1.807, 2.05) is 6.26 Å². The fourth-order valence-electron chi connectivity index (χ4n) is 2.19. The summed E-state index contributed by atoms with van der Waals surface area (Å²) in [7, 11) is -3.74. The molecule has 140 valence electrons. The van der Waals surface area contributed by atoms with Crippen molar-refractivity contribution < 1.29 is 13.2 Å². The largest absolute Gasteiger partial charge is 0.296 e. The molecular weight excluding hydrogens is 404 g/mol. The predicted molar refractivity (Wildman–Crippen MR) is 108 cm³/mol. The van der Waals surface area contributed by atoms with Crippen LogP contribution in [0.25, 0.3) is 0 Å². The molecule has 0 atom stereocenters. The first-order valence-corrected chi connectivity index (χ1v) is 11.3. The number of thioether (sulfide) groups is 1. The molecule has 0 bridgehead atoms. The molecule has 1 aromatic heterocycles. The zero-order valence-electron chi connectivity index (χ0n) is 14.5. The van der Waals surface area contributed by atoms with Gasteiger partial charge in [-0.1, -0.05) is 47.4 Å². The Balaban J connectivity index is 1.82. The van der Waals surface area contributed by atoms with Crippen molar-refractivity contribution >= 4 is 49.8 Å². The molecular formula is C17H16N4O3S3. The number of benzene rings is 2. The number of nitrogens with one attached hydrogen (secondary N) is 2. The van der Waals surface area contributed by atoms with Gasteiger partial charge in [0.25, 0.3) is 15.9 Å². The van der Waals surface area contributed by atoms with Crippen LogP contribution in [0.15, 0.2) is 57.8 Å². The minimum atomic E-state index is -3.74. The van der Waals surface area contributed by atoms with Crippen molar-refractivity contribution in [1.29, 1.82) is 0 Å². The van der Waals surface area contributed by atoms with Crippen molar-refractivity contribution in [2.75, 3.05) is 16.3 Å². The zero-order valence-corrected chi connectivity index (χ0v) is 16.9. The van der Waals surface area contributed by atoms with E-state index in [9.17, 15) is 13.2 Å². The van der Waals surface area contributed by atoms with Crippen molar-refractivity contribution in [2.45, 2.75) is 16.2 Å². The third kappa shape index (κ3) is 4.65. The van der Waals surface area contributed by atoms with Gasteiger partial charge in [0.15, 0.2) is 4.34 Å². The molecule has 10 heteroatoms. The number of anilines is 2. The van der Waals surface area contributed by atoms with Gasteiger partial charge in [0.1, 0.15) is 0 Å². The number of aryl methyl sites for hydroxylation is 1. The number of amides is 1. The van der Waals surface area contributed by atoms with Crippen LogP contribution in [0.5, 0.6) is 0 Å². The van der Waals surface area contributed by atoms with Gasteiger partial charge in [-0.25, -0.2) is 8.42 Å². The molecule has 0 saturated carbocycles. The van der Waals surface area contributed by atoms with Crippen molar-refractivity contribution in [3.63, 3.8) is 0 Å². The van der Waals surface area contributed by atoms with Crippen molar-refractivity contribution in [2.24, 2.45) is 0 Å². The highest BCUT2D eigenvalue weighted by Crippen LogP contribution is 2.25. The second-order valence-electron chi connectivity index (χ2n) is 5.48. The van der Waals surface area contributed by atoms with Crippen LogP contribution in [0.4, 0.5) is 10.8 Å². The van der Waals surface area contributed by atoms with Gasteiger partial charge >= 0.3 is 0 Å². The summed E-state index contributed by atoms with van der Waals surface area (Å²) in [5.41, 5.74) is 1.35. The van der Waals surface area contributed by atoms with Gasteiger partial charge in [-0.2, -0.15) is 0 Å². The molecule has 0 radical (unpaired) electrons. The number of hydrogen-bond acceptors (Lipinski definition) is 7. The first kappa shape index (κ1) is 19.3. The maximum atomic E-state index is 12.5. The molecule has 3 aromatic rings. The molecule has 0 spiro atoms. The minimum Gasteiger partial charge on any atom is -0.296 e. The normalized spacial score (nSPS) is 11.2. The van der Waals surface area contributed by atoms with Crippen LogP contribution < -0.4 is 10.0 Å². The maximum absolute atomic E-state index is 12.5. The molecule has 0 aliphatic heterocycles. The standard InChI is InChI=1S/C17H16N4O3S3/c1-11-8-9-12(15(22)18-16-19-20-17(25-2)26-16)10-14(11)21-27(23,24)13-6-4-3-5-7-13/h3-10,21H,1-2H3,(H,18,19,22). The van der Waals surface area contributed by atoms with E-state index in [0.29, 0.717) is 21.9 Å². The lowest BCUT2D eigenvalue weighted by Crippen LogP contribution is -2.16. The molecule has 2 N–H and O–H groups in total. The lowest BCUT2D eigenvalue weighted by Gasteiger charge is -2.12. The third-order valence-electron chi connectivity index (χ3n) is 3.60. The van der Waals surface area contributed by atoms with E-state index in [1.165, 1.54) is 41.3 Å². The quantitative estimate of drug-likeness (QED) is 0.467. The Labute approximate surface area is 165 Å². The highest BCUT2D eigenvalue weighted by atomic mass is 32.2. The van der Waals surface area contributed by atoms with Crippen LogP contribution in [0.1, 0.15) is 15.9 Å². The number of carbonyl (C=O) groups is 1. The zero-order chi connectivity index (χ0) is 19.4. The summed E-state index contributed by atoms with van der Waals surface area (Å²) >= 11 is 2.71. The Morgan fingerprint density at radius 1 is 1.11 bits per heavy atom. The highest BCUT2D eigenvalue weighted by molar-refractivity contribution is 8.00. The molecule has 0 fully saturated rings. The highest BCUT2D eigenvalue weighted by Gasteiger charge is 2.17. The Morgan fingerprint density at radius 2 is 1.85 bits per heavy atom. The Kier molecular flexibility index (Phi) is 5.78. The summed E-state index contributed by atoms with van der Waals surface area (Å²) in [6.45, 7) is 1.76. The molecule has 7 nitrogen and oxygen atoms in total. The number of rotatable bonds is 6. The molecule has 1 heterocycles. The Morgan fingerprint density at radius 3 is 2.52 bits per heavy atom. The molecule has 1 amide bonds. The maximum Gasteiger partial charge on any atom is 0.261 e. The average Bonchev–Trinajstić information content (AvgIpc) is 3.11. The fraction of sp³-hybridized carbons (Fsp3) is 0.118. The summed E-state index contributed by atoms with van der Waals surface area (Å²) in [5, 5.41) is 10.9. The smallest absolute Gasteiger partial charge is 0.261 e. The average molecular weight is 421 g/mol. The lowest BCUT2D eigenvalue weighted by molar-refractivity contribution is 0.102. The molecule has 0 saturated heterocycles. The van der Waals surface area contributed by atoms with E-state index in [0.717, 1.165) is 4.34 Å². The molecule has 3 rings (SSSR count). The summed E-state index contributed by atoms with van der Waals surface area (Å²) in [6.07, 6.45) is 1.87. The summed E-state index contributed by atoms with van der Waals surface area (Å²) in [5.74, 6) is -0.390. The van der Waals surface area contributed by atoms with E-state index >= 15 is 0 Å².